The summed E-state index contributed by atoms with van der Waals surface area (Å²) in [6.45, 7) is 2.82. The van der Waals surface area contributed by atoms with Crippen LogP contribution in [0.15, 0.2) is 42.6 Å². The summed E-state index contributed by atoms with van der Waals surface area (Å²) in [6.07, 6.45) is 1.84. The van der Waals surface area contributed by atoms with Crippen LogP contribution >= 0.6 is 0 Å². The smallest absolute Gasteiger partial charge is 0.222 e. The minimum Gasteiger partial charge on any atom is -0.439 e. The Morgan fingerprint density at radius 2 is 2.00 bits per heavy atom. The van der Waals surface area contributed by atoms with E-state index in [4.69, 9.17) is 4.74 Å². The second-order valence-electron chi connectivity index (χ2n) is 3.91. The molecule has 17 heavy (non-hydrogen) atoms. The predicted octanol–water partition coefficient (Wildman–Crippen LogP) is 2.90. The molecule has 0 aliphatic carbocycles. The van der Waals surface area contributed by atoms with E-state index in [2.05, 4.69) is 16.4 Å². The first kappa shape index (κ1) is 11.6. The quantitative estimate of drug-likeness (QED) is 0.873. The van der Waals surface area contributed by atoms with Crippen molar-refractivity contribution in [1.82, 2.24) is 10.3 Å². The molecule has 1 N–H and O–H groups in total. The van der Waals surface area contributed by atoms with E-state index >= 15 is 0 Å². The van der Waals surface area contributed by atoms with Crippen LogP contribution in [0.5, 0.6) is 11.6 Å². The molecular formula is C14H16N2O. The summed E-state index contributed by atoms with van der Waals surface area (Å²) in [5, 5.41) is 3.10. The highest BCUT2D eigenvalue weighted by Crippen LogP contribution is 2.22. The summed E-state index contributed by atoms with van der Waals surface area (Å²) in [4.78, 5) is 4.33. The molecule has 0 bridgehead atoms. The molecule has 3 heteroatoms. The van der Waals surface area contributed by atoms with Crippen molar-refractivity contribution in [3.05, 3.63) is 53.7 Å². The van der Waals surface area contributed by atoms with Crippen molar-refractivity contribution < 1.29 is 4.74 Å². The van der Waals surface area contributed by atoms with Crippen molar-refractivity contribution in [1.29, 1.82) is 0 Å². The van der Waals surface area contributed by atoms with E-state index < -0.39 is 0 Å². The average molecular weight is 228 g/mol. The third kappa shape index (κ3) is 3.04. The van der Waals surface area contributed by atoms with E-state index in [0.29, 0.717) is 5.88 Å². The Morgan fingerprint density at radius 3 is 2.65 bits per heavy atom. The summed E-state index contributed by atoms with van der Waals surface area (Å²) < 4.78 is 5.71. The molecule has 88 valence electrons. The zero-order valence-corrected chi connectivity index (χ0v) is 10.1. The molecule has 0 atom stereocenters. The van der Waals surface area contributed by atoms with Crippen molar-refractivity contribution in [2.24, 2.45) is 0 Å². The molecule has 0 radical (unpaired) electrons. The lowest BCUT2D eigenvalue weighted by Crippen LogP contribution is -2.06. The van der Waals surface area contributed by atoms with Crippen LogP contribution in [0, 0.1) is 6.92 Å². The fourth-order valence-corrected chi connectivity index (χ4v) is 1.63. The highest BCUT2D eigenvalue weighted by Gasteiger charge is 2.03. The lowest BCUT2D eigenvalue weighted by atomic mass is 10.2. The van der Waals surface area contributed by atoms with Crippen LogP contribution in [0.2, 0.25) is 0 Å². The van der Waals surface area contributed by atoms with E-state index in [1.54, 1.807) is 0 Å². The van der Waals surface area contributed by atoms with Crippen molar-refractivity contribution in [3.8, 4) is 11.6 Å². The number of aryl methyl sites for hydroxylation is 1. The normalized spacial score (nSPS) is 10.2. The van der Waals surface area contributed by atoms with Gasteiger partial charge in [-0.05, 0) is 37.7 Å². The molecule has 1 aromatic heterocycles. The van der Waals surface area contributed by atoms with Gasteiger partial charge in [0, 0.05) is 18.3 Å². The number of hydrogen-bond donors (Lipinski definition) is 1. The molecule has 0 saturated carbocycles. The number of hydrogen-bond acceptors (Lipinski definition) is 3. The van der Waals surface area contributed by atoms with Gasteiger partial charge in [0.25, 0.3) is 0 Å². The Hall–Kier alpha value is -1.87. The minimum absolute atomic E-state index is 0.663. The van der Waals surface area contributed by atoms with Crippen LogP contribution in [-0.4, -0.2) is 12.0 Å². The third-order valence-corrected chi connectivity index (χ3v) is 2.43. The number of nitrogens with zero attached hydrogens (tertiary/aromatic N) is 1. The average Bonchev–Trinajstić information content (AvgIpc) is 2.34. The van der Waals surface area contributed by atoms with Gasteiger partial charge in [-0.2, -0.15) is 0 Å². The topological polar surface area (TPSA) is 34.2 Å². The summed E-state index contributed by atoms with van der Waals surface area (Å²) in [5.74, 6) is 1.47. The molecular weight excluding hydrogens is 212 g/mol. The zero-order valence-electron chi connectivity index (χ0n) is 10.1. The summed E-state index contributed by atoms with van der Waals surface area (Å²) in [5.41, 5.74) is 2.20. The largest absolute Gasteiger partial charge is 0.439 e. The fraction of sp³-hybridized carbons (Fsp3) is 0.214. The van der Waals surface area contributed by atoms with Crippen molar-refractivity contribution in [3.63, 3.8) is 0 Å². The predicted molar refractivity (Wildman–Crippen MR) is 68.3 cm³/mol. The van der Waals surface area contributed by atoms with Crippen LogP contribution < -0.4 is 10.1 Å². The number of ether oxygens (including phenoxy) is 1. The van der Waals surface area contributed by atoms with Crippen LogP contribution in [0.4, 0.5) is 0 Å². The molecule has 0 saturated heterocycles. The second kappa shape index (κ2) is 5.46. The molecule has 0 aliphatic rings. The van der Waals surface area contributed by atoms with E-state index in [-0.39, 0.29) is 0 Å². The van der Waals surface area contributed by atoms with Gasteiger partial charge < -0.3 is 10.1 Å². The maximum absolute atomic E-state index is 5.71. The van der Waals surface area contributed by atoms with Crippen LogP contribution in [0.3, 0.4) is 0 Å². The SMILES string of the molecule is CNCc1cnc(Oc2ccccc2)c(C)c1. The minimum atomic E-state index is 0.663. The van der Waals surface area contributed by atoms with Crippen molar-refractivity contribution >= 4 is 0 Å². The van der Waals surface area contributed by atoms with Crippen molar-refractivity contribution in [2.45, 2.75) is 13.5 Å². The van der Waals surface area contributed by atoms with E-state index in [0.717, 1.165) is 23.4 Å². The first-order valence-electron chi connectivity index (χ1n) is 5.62. The number of aromatic nitrogens is 1. The van der Waals surface area contributed by atoms with Crippen LogP contribution in [0.1, 0.15) is 11.1 Å². The molecule has 0 unspecified atom stereocenters. The number of nitrogens with one attached hydrogen (secondary N) is 1. The number of pyridine rings is 1. The highest BCUT2D eigenvalue weighted by atomic mass is 16.5. The third-order valence-electron chi connectivity index (χ3n) is 2.43. The Morgan fingerprint density at radius 1 is 1.24 bits per heavy atom. The van der Waals surface area contributed by atoms with Crippen LogP contribution in [0.25, 0.3) is 0 Å². The number of para-hydroxylation sites is 1. The molecule has 0 fully saturated rings. The highest BCUT2D eigenvalue weighted by molar-refractivity contribution is 5.33. The first-order chi connectivity index (χ1) is 8.29. The molecule has 2 aromatic rings. The monoisotopic (exact) mass is 228 g/mol. The van der Waals surface area contributed by atoms with Gasteiger partial charge >= 0.3 is 0 Å². The maximum atomic E-state index is 5.71. The van der Waals surface area contributed by atoms with Gasteiger partial charge in [-0.25, -0.2) is 4.98 Å². The van der Waals surface area contributed by atoms with Gasteiger partial charge in [-0.3, -0.25) is 0 Å². The van der Waals surface area contributed by atoms with Gasteiger partial charge in [0.15, 0.2) is 0 Å². The molecule has 1 heterocycles. The summed E-state index contributed by atoms with van der Waals surface area (Å²) in [6, 6.07) is 11.8. The van der Waals surface area contributed by atoms with E-state index in [9.17, 15) is 0 Å². The molecule has 0 spiro atoms. The fourth-order valence-electron chi connectivity index (χ4n) is 1.63. The lowest BCUT2D eigenvalue weighted by molar-refractivity contribution is 0.458. The van der Waals surface area contributed by atoms with Gasteiger partial charge in [0.05, 0.1) is 0 Å². The second-order valence-corrected chi connectivity index (χ2v) is 3.91. The Bertz CT molecular complexity index is 483. The molecule has 3 nitrogen and oxygen atoms in total. The van der Waals surface area contributed by atoms with Crippen molar-refractivity contribution in [2.75, 3.05) is 7.05 Å². The molecule has 0 amide bonds. The Kier molecular flexibility index (Phi) is 3.73. The van der Waals surface area contributed by atoms with Gasteiger partial charge in [-0.15, -0.1) is 0 Å². The summed E-state index contributed by atoms with van der Waals surface area (Å²) in [7, 11) is 1.92. The Labute approximate surface area is 101 Å². The zero-order chi connectivity index (χ0) is 12.1. The number of rotatable bonds is 4. The standard InChI is InChI=1S/C14H16N2O/c1-11-8-12(9-15-2)10-16-14(11)17-13-6-4-3-5-7-13/h3-8,10,15H,9H2,1-2H3. The van der Waals surface area contributed by atoms with E-state index in [1.165, 1.54) is 0 Å². The maximum Gasteiger partial charge on any atom is 0.222 e. The molecule has 1 aromatic carbocycles. The van der Waals surface area contributed by atoms with Gasteiger partial charge in [0.2, 0.25) is 5.88 Å². The molecule has 0 aliphatic heterocycles. The Balaban J connectivity index is 2.17. The van der Waals surface area contributed by atoms with Crippen LogP contribution in [-0.2, 0) is 6.54 Å². The lowest BCUT2D eigenvalue weighted by Gasteiger charge is -2.08. The van der Waals surface area contributed by atoms with E-state index in [1.807, 2.05) is 50.5 Å². The molecule has 2 rings (SSSR count). The summed E-state index contributed by atoms with van der Waals surface area (Å²) >= 11 is 0. The van der Waals surface area contributed by atoms with Gasteiger partial charge in [0.1, 0.15) is 5.75 Å². The van der Waals surface area contributed by atoms with Gasteiger partial charge in [-0.1, -0.05) is 18.2 Å². The number of benzene rings is 1. The first-order valence-corrected chi connectivity index (χ1v) is 5.62.